The lowest BCUT2D eigenvalue weighted by atomic mass is 10.3. The van der Waals surface area contributed by atoms with E-state index in [2.05, 4.69) is 0 Å². The number of benzene rings is 1. The van der Waals surface area contributed by atoms with Crippen molar-refractivity contribution in [3.8, 4) is 5.75 Å². The fraction of sp³-hybridized carbons (Fsp3) is 0.0909. The second-order valence-electron chi connectivity index (χ2n) is 3.22. The van der Waals surface area contributed by atoms with Crippen LogP contribution in [0.1, 0.15) is 0 Å². The van der Waals surface area contributed by atoms with Gasteiger partial charge in [0.05, 0.1) is 5.69 Å². The molecule has 2 amide bonds. The van der Waals surface area contributed by atoms with Crippen LogP contribution in [0, 0.1) is 0 Å². The number of rotatable bonds is 3. The van der Waals surface area contributed by atoms with Crippen LogP contribution in [0.2, 0.25) is 0 Å². The van der Waals surface area contributed by atoms with Gasteiger partial charge in [-0.15, -0.1) is 0 Å². The van der Waals surface area contributed by atoms with Crippen LogP contribution >= 0.6 is 23.2 Å². The average Bonchev–Trinajstić information content (AvgIpc) is 2.59. The van der Waals surface area contributed by atoms with Gasteiger partial charge in [0.2, 0.25) is 5.02 Å². The summed E-state index contributed by atoms with van der Waals surface area (Å²) in [6.45, 7) is 0. The molecular formula is C11H7Cl2NO3. The molecule has 0 saturated heterocycles. The summed E-state index contributed by atoms with van der Waals surface area (Å²) < 4.78 is 5.01. The second kappa shape index (κ2) is 4.77. The van der Waals surface area contributed by atoms with Crippen molar-refractivity contribution in [1.82, 2.24) is 0 Å². The first kappa shape index (κ1) is 12.0. The zero-order chi connectivity index (χ0) is 12.4. The van der Waals surface area contributed by atoms with Crippen molar-refractivity contribution in [3.05, 3.63) is 36.4 Å². The quantitative estimate of drug-likeness (QED) is 0.626. The molecule has 0 unspecified atom stereocenters. The van der Waals surface area contributed by atoms with Crippen LogP contribution in [0.25, 0.3) is 0 Å². The van der Waals surface area contributed by atoms with Gasteiger partial charge in [0.25, 0.3) is 11.8 Å². The van der Waals surface area contributed by atoms with Crippen LogP contribution in [0.5, 0.6) is 5.75 Å². The molecule has 0 saturated carbocycles. The number of alkyl halides is 2. The van der Waals surface area contributed by atoms with E-state index in [0.717, 1.165) is 4.90 Å². The molecule has 1 aliphatic rings. The molecule has 0 spiro atoms. The van der Waals surface area contributed by atoms with E-state index in [0.29, 0.717) is 11.4 Å². The van der Waals surface area contributed by atoms with E-state index < -0.39 is 5.02 Å². The minimum absolute atomic E-state index is 0.365. The number of halogens is 2. The van der Waals surface area contributed by atoms with Crippen molar-refractivity contribution in [2.75, 3.05) is 4.90 Å². The van der Waals surface area contributed by atoms with E-state index in [1.54, 1.807) is 24.3 Å². The van der Waals surface area contributed by atoms with Gasteiger partial charge in [0.15, 0.2) is 0 Å². The van der Waals surface area contributed by atoms with E-state index in [1.807, 2.05) is 0 Å². The molecular weight excluding hydrogens is 265 g/mol. The monoisotopic (exact) mass is 271 g/mol. The van der Waals surface area contributed by atoms with Gasteiger partial charge in [-0.25, -0.2) is 4.90 Å². The van der Waals surface area contributed by atoms with Crippen LogP contribution in [0.3, 0.4) is 0 Å². The van der Waals surface area contributed by atoms with Gasteiger partial charge in [-0.05, 0) is 24.3 Å². The summed E-state index contributed by atoms with van der Waals surface area (Å²) in [6.07, 6.45) is 2.45. The summed E-state index contributed by atoms with van der Waals surface area (Å²) >= 11 is 10.9. The zero-order valence-corrected chi connectivity index (χ0v) is 9.98. The number of nitrogens with zero attached hydrogens (tertiary/aromatic N) is 1. The lowest BCUT2D eigenvalue weighted by Gasteiger charge is -2.14. The Bertz CT molecular complexity index is 464. The highest BCUT2D eigenvalue weighted by molar-refractivity contribution is 6.43. The molecule has 6 heteroatoms. The van der Waals surface area contributed by atoms with Crippen LogP contribution in [-0.2, 0) is 9.59 Å². The third kappa shape index (κ3) is 2.60. The van der Waals surface area contributed by atoms with Crippen molar-refractivity contribution in [1.29, 1.82) is 0 Å². The lowest BCUT2D eigenvalue weighted by Crippen LogP contribution is -2.29. The number of hydrogen-bond donors (Lipinski definition) is 0. The molecule has 0 bridgehead atoms. The van der Waals surface area contributed by atoms with Crippen LogP contribution < -0.4 is 9.64 Å². The molecule has 0 aromatic heterocycles. The Hall–Kier alpha value is -1.52. The van der Waals surface area contributed by atoms with Crippen molar-refractivity contribution in [3.63, 3.8) is 0 Å². The van der Waals surface area contributed by atoms with E-state index in [-0.39, 0.29) is 11.8 Å². The van der Waals surface area contributed by atoms with Gasteiger partial charge < -0.3 is 4.74 Å². The molecule has 88 valence electrons. The minimum atomic E-state index is -0.961. The van der Waals surface area contributed by atoms with Gasteiger partial charge >= 0.3 is 0 Å². The molecule has 0 atom stereocenters. The lowest BCUT2D eigenvalue weighted by molar-refractivity contribution is -0.119. The largest absolute Gasteiger partial charge is 0.461 e. The molecule has 0 radical (unpaired) electrons. The van der Waals surface area contributed by atoms with Crippen molar-refractivity contribution < 1.29 is 14.3 Å². The number of ether oxygens (including phenoxy) is 1. The Labute approximate surface area is 107 Å². The Morgan fingerprint density at radius 3 is 2.00 bits per heavy atom. The highest BCUT2D eigenvalue weighted by Gasteiger charge is 2.24. The molecule has 1 aromatic carbocycles. The fourth-order valence-corrected chi connectivity index (χ4v) is 1.64. The van der Waals surface area contributed by atoms with Gasteiger partial charge in [-0.2, -0.15) is 0 Å². The summed E-state index contributed by atoms with van der Waals surface area (Å²) in [5.41, 5.74) is 0.470. The van der Waals surface area contributed by atoms with Crippen molar-refractivity contribution >= 4 is 40.7 Å². The highest BCUT2D eigenvalue weighted by atomic mass is 35.5. The Morgan fingerprint density at radius 2 is 1.53 bits per heavy atom. The van der Waals surface area contributed by atoms with Crippen LogP contribution in [0.4, 0.5) is 5.69 Å². The maximum Gasteiger partial charge on any atom is 0.258 e. The molecule has 0 aliphatic carbocycles. The molecule has 1 aromatic rings. The second-order valence-corrected chi connectivity index (χ2v) is 4.23. The van der Waals surface area contributed by atoms with Crippen molar-refractivity contribution in [2.45, 2.75) is 5.02 Å². The summed E-state index contributed by atoms with van der Waals surface area (Å²) in [4.78, 5) is 23.8. The number of carbonyl (C=O) groups is 2. The zero-order valence-electron chi connectivity index (χ0n) is 8.47. The molecule has 0 N–H and O–H groups in total. The number of amides is 2. The smallest absolute Gasteiger partial charge is 0.258 e. The van der Waals surface area contributed by atoms with E-state index in [1.165, 1.54) is 12.2 Å². The van der Waals surface area contributed by atoms with E-state index in [9.17, 15) is 9.59 Å². The summed E-state index contributed by atoms with van der Waals surface area (Å²) in [5, 5.41) is -0.961. The number of hydrogen-bond acceptors (Lipinski definition) is 3. The fourth-order valence-electron chi connectivity index (χ4n) is 1.43. The molecule has 0 fully saturated rings. The van der Waals surface area contributed by atoms with Gasteiger partial charge in [-0.3, -0.25) is 9.59 Å². The van der Waals surface area contributed by atoms with Gasteiger partial charge in [0.1, 0.15) is 5.75 Å². The van der Waals surface area contributed by atoms with Crippen molar-refractivity contribution in [2.24, 2.45) is 0 Å². The molecule has 17 heavy (non-hydrogen) atoms. The Balaban J connectivity index is 2.18. The molecule has 2 rings (SSSR count). The predicted octanol–water partition coefficient (Wildman–Crippen LogP) is 2.26. The maximum absolute atomic E-state index is 11.4. The summed E-state index contributed by atoms with van der Waals surface area (Å²) in [6, 6.07) is 6.31. The molecule has 4 nitrogen and oxygen atoms in total. The minimum Gasteiger partial charge on any atom is -0.461 e. The highest BCUT2D eigenvalue weighted by Crippen LogP contribution is 2.23. The normalized spacial score (nSPS) is 14.9. The van der Waals surface area contributed by atoms with E-state index in [4.69, 9.17) is 27.9 Å². The Kier molecular flexibility index (Phi) is 3.36. The summed E-state index contributed by atoms with van der Waals surface area (Å²) in [7, 11) is 0. The van der Waals surface area contributed by atoms with Gasteiger partial charge in [0, 0.05) is 12.2 Å². The molecule has 1 aliphatic heterocycles. The summed E-state index contributed by atoms with van der Waals surface area (Å²) in [5.74, 6) is -0.275. The van der Waals surface area contributed by atoms with Crippen LogP contribution in [-0.4, -0.2) is 16.8 Å². The van der Waals surface area contributed by atoms with Crippen LogP contribution in [0.15, 0.2) is 36.4 Å². The van der Waals surface area contributed by atoms with Gasteiger partial charge in [-0.1, -0.05) is 23.2 Å². The maximum atomic E-state index is 11.4. The average molecular weight is 272 g/mol. The number of imide groups is 1. The first-order valence-electron chi connectivity index (χ1n) is 4.69. The SMILES string of the molecule is O=C1C=CC(=O)N1c1ccc(OC(Cl)Cl)cc1. The Morgan fingerprint density at radius 1 is 1.00 bits per heavy atom. The third-order valence-corrected chi connectivity index (χ3v) is 2.31. The predicted molar refractivity (Wildman–Crippen MR) is 64.2 cm³/mol. The number of carbonyl (C=O) groups excluding carboxylic acids is 2. The first-order chi connectivity index (χ1) is 8.08. The molecule has 1 heterocycles. The topological polar surface area (TPSA) is 46.6 Å². The third-order valence-electron chi connectivity index (χ3n) is 2.13. The first-order valence-corrected chi connectivity index (χ1v) is 5.56. The standard InChI is InChI=1S/C11H7Cl2NO3/c12-11(13)17-8-3-1-7(2-4-8)14-9(15)5-6-10(14)16/h1-6,11H. The van der Waals surface area contributed by atoms with E-state index >= 15 is 0 Å². The number of anilines is 1.